The molecule has 1 aliphatic rings. The summed E-state index contributed by atoms with van der Waals surface area (Å²) in [4.78, 5) is 6.67. The third-order valence-corrected chi connectivity index (χ3v) is 3.84. The van der Waals surface area contributed by atoms with Crippen molar-refractivity contribution in [2.45, 2.75) is 57.7 Å². The molecule has 0 aromatic carbocycles. The van der Waals surface area contributed by atoms with Gasteiger partial charge in [-0.05, 0) is 57.9 Å². The van der Waals surface area contributed by atoms with Gasteiger partial charge < -0.3 is 5.73 Å². The topological polar surface area (TPSA) is 42.1 Å². The maximum absolute atomic E-state index is 6.44. The van der Waals surface area contributed by atoms with Crippen LogP contribution >= 0.6 is 0 Å². The molecule has 1 saturated heterocycles. The third-order valence-electron chi connectivity index (χ3n) is 3.84. The van der Waals surface area contributed by atoms with Gasteiger partial charge in [0.1, 0.15) is 0 Å². The molecule has 0 amide bonds. The number of hydrogen-bond acceptors (Lipinski definition) is 3. The van der Waals surface area contributed by atoms with Crippen LogP contribution in [-0.4, -0.2) is 28.0 Å². The number of likely N-dealkylation sites (tertiary alicyclic amines) is 1. The van der Waals surface area contributed by atoms with E-state index < -0.39 is 0 Å². The van der Waals surface area contributed by atoms with Gasteiger partial charge in [0.05, 0.1) is 6.04 Å². The van der Waals surface area contributed by atoms with E-state index in [1.54, 1.807) is 0 Å². The molecule has 0 radical (unpaired) electrons. The zero-order valence-electron chi connectivity index (χ0n) is 11.8. The molecule has 0 bridgehead atoms. The van der Waals surface area contributed by atoms with Crippen molar-refractivity contribution in [1.82, 2.24) is 9.88 Å². The number of rotatable bonds is 1. The van der Waals surface area contributed by atoms with E-state index in [1.165, 1.54) is 18.4 Å². The molecule has 0 spiro atoms. The molecule has 1 fully saturated rings. The summed E-state index contributed by atoms with van der Waals surface area (Å²) >= 11 is 0. The van der Waals surface area contributed by atoms with Crippen LogP contribution in [0.1, 0.15) is 51.6 Å². The molecule has 0 aliphatic carbocycles. The first-order valence-corrected chi connectivity index (χ1v) is 6.92. The summed E-state index contributed by atoms with van der Waals surface area (Å²) in [5.41, 5.74) is 7.89. The Labute approximate surface area is 110 Å². The second-order valence-electron chi connectivity index (χ2n) is 6.25. The van der Waals surface area contributed by atoms with Gasteiger partial charge in [-0.3, -0.25) is 9.88 Å². The summed E-state index contributed by atoms with van der Waals surface area (Å²) in [5, 5.41) is 0. The van der Waals surface area contributed by atoms with Gasteiger partial charge in [0.25, 0.3) is 0 Å². The molecule has 1 aliphatic heterocycles. The highest BCUT2D eigenvalue weighted by atomic mass is 15.2. The summed E-state index contributed by atoms with van der Waals surface area (Å²) in [6.45, 7) is 7.96. The molecule has 18 heavy (non-hydrogen) atoms. The molecule has 2 heterocycles. The Kier molecular flexibility index (Phi) is 4.03. The Morgan fingerprint density at radius 2 is 1.89 bits per heavy atom. The molecule has 1 aromatic rings. The average molecular weight is 247 g/mol. The lowest BCUT2D eigenvalue weighted by atomic mass is 9.93. The predicted octanol–water partition coefficient (Wildman–Crippen LogP) is 2.73. The van der Waals surface area contributed by atoms with Crippen LogP contribution in [0, 0.1) is 0 Å². The van der Waals surface area contributed by atoms with E-state index in [9.17, 15) is 0 Å². The van der Waals surface area contributed by atoms with Crippen LogP contribution in [0.3, 0.4) is 0 Å². The Hall–Kier alpha value is -0.930. The summed E-state index contributed by atoms with van der Waals surface area (Å²) in [6, 6.07) is 4.74. The van der Waals surface area contributed by atoms with Crippen LogP contribution < -0.4 is 5.73 Å². The normalized spacial score (nSPS) is 26.9. The Morgan fingerprint density at radius 1 is 1.22 bits per heavy atom. The van der Waals surface area contributed by atoms with Gasteiger partial charge in [-0.1, -0.05) is 6.42 Å². The van der Waals surface area contributed by atoms with Crippen molar-refractivity contribution >= 4 is 0 Å². The van der Waals surface area contributed by atoms with Crippen molar-refractivity contribution in [1.29, 1.82) is 0 Å². The second kappa shape index (κ2) is 5.37. The predicted molar refractivity (Wildman–Crippen MR) is 75.3 cm³/mol. The maximum Gasteiger partial charge on any atom is 0.0505 e. The van der Waals surface area contributed by atoms with Crippen molar-refractivity contribution in [3.8, 4) is 0 Å². The summed E-state index contributed by atoms with van der Waals surface area (Å²) in [5.74, 6) is 0. The first kappa shape index (κ1) is 13.5. The number of nitrogens with two attached hydrogens (primary N) is 1. The molecule has 2 unspecified atom stereocenters. The molecule has 2 N–H and O–H groups in total. The van der Waals surface area contributed by atoms with E-state index in [-0.39, 0.29) is 11.6 Å². The number of nitrogens with zero attached hydrogens (tertiary/aromatic N) is 2. The summed E-state index contributed by atoms with van der Waals surface area (Å²) < 4.78 is 0. The molecule has 100 valence electrons. The number of pyridine rings is 1. The molecule has 2 rings (SSSR count). The van der Waals surface area contributed by atoms with E-state index in [2.05, 4.69) is 42.8 Å². The molecule has 2 atom stereocenters. The molecule has 1 aromatic heterocycles. The third kappa shape index (κ3) is 2.90. The van der Waals surface area contributed by atoms with Crippen LogP contribution in [0.4, 0.5) is 0 Å². The zero-order valence-corrected chi connectivity index (χ0v) is 11.8. The SMILES string of the molecule is CC(C)(C)N1CCCCC(N)C1c1ccncc1. The van der Waals surface area contributed by atoms with Crippen LogP contribution in [0.5, 0.6) is 0 Å². The molecular weight excluding hydrogens is 222 g/mol. The maximum atomic E-state index is 6.44. The Bertz CT molecular complexity index is 369. The zero-order chi connectivity index (χ0) is 13.2. The first-order valence-electron chi connectivity index (χ1n) is 6.92. The highest BCUT2D eigenvalue weighted by Gasteiger charge is 2.34. The van der Waals surface area contributed by atoms with Gasteiger partial charge in [-0.2, -0.15) is 0 Å². The minimum Gasteiger partial charge on any atom is -0.326 e. The monoisotopic (exact) mass is 247 g/mol. The van der Waals surface area contributed by atoms with E-state index in [1.807, 2.05) is 12.4 Å². The second-order valence-corrected chi connectivity index (χ2v) is 6.25. The molecule has 3 nitrogen and oxygen atoms in total. The lowest BCUT2D eigenvalue weighted by Gasteiger charge is -2.43. The van der Waals surface area contributed by atoms with Crippen LogP contribution in [-0.2, 0) is 0 Å². The summed E-state index contributed by atoms with van der Waals surface area (Å²) in [7, 11) is 0. The first-order chi connectivity index (χ1) is 8.50. The fourth-order valence-electron chi connectivity index (χ4n) is 2.93. The van der Waals surface area contributed by atoms with Gasteiger partial charge in [-0.25, -0.2) is 0 Å². The molecule has 3 heteroatoms. The van der Waals surface area contributed by atoms with Crippen LogP contribution in [0.15, 0.2) is 24.5 Å². The van der Waals surface area contributed by atoms with Crippen molar-refractivity contribution in [2.75, 3.05) is 6.54 Å². The lowest BCUT2D eigenvalue weighted by Crippen LogP contribution is -2.49. The summed E-state index contributed by atoms with van der Waals surface area (Å²) in [6.07, 6.45) is 7.32. The fraction of sp³-hybridized carbons (Fsp3) is 0.667. The van der Waals surface area contributed by atoms with E-state index >= 15 is 0 Å². The van der Waals surface area contributed by atoms with Gasteiger partial charge in [-0.15, -0.1) is 0 Å². The van der Waals surface area contributed by atoms with Gasteiger partial charge >= 0.3 is 0 Å². The molecular formula is C15H25N3. The largest absolute Gasteiger partial charge is 0.326 e. The average Bonchev–Trinajstić information content (AvgIpc) is 2.51. The Morgan fingerprint density at radius 3 is 2.50 bits per heavy atom. The van der Waals surface area contributed by atoms with Gasteiger partial charge in [0.15, 0.2) is 0 Å². The number of hydrogen-bond donors (Lipinski definition) is 1. The van der Waals surface area contributed by atoms with Crippen molar-refractivity contribution in [3.05, 3.63) is 30.1 Å². The number of aromatic nitrogens is 1. The smallest absolute Gasteiger partial charge is 0.0505 e. The van der Waals surface area contributed by atoms with Crippen molar-refractivity contribution in [3.63, 3.8) is 0 Å². The standard InChI is InChI=1S/C15H25N3/c1-15(2,3)18-11-5-4-6-13(16)14(18)12-7-9-17-10-8-12/h7-10,13-14H,4-6,11,16H2,1-3H3. The molecule has 0 saturated carbocycles. The van der Waals surface area contributed by atoms with Gasteiger partial charge in [0.2, 0.25) is 0 Å². The van der Waals surface area contributed by atoms with Gasteiger partial charge in [0, 0.05) is 24.0 Å². The quantitative estimate of drug-likeness (QED) is 0.829. The minimum absolute atomic E-state index is 0.149. The Balaban J connectivity index is 2.35. The minimum atomic E-state index is 0.149. The highest BCUT2D eigenvalue weighted by Crippen LogP contribution is 2.34. The van der Waals surface area contributed by atoms with E-state index in [4.69, 9.17) is 5.73 Å². The lowest BCUT2D eigenvalue weighted by molar-refractivity contribution is 0.0755. The highest BCUT2D eigenvalue weighted by molar-refractivity contribution is 5.18. The van der Waals surface area contributed by atoms with E-state index in [0.717, 1.165) is 13.0 Å². The van der Waals surface area contributed by atoms with Crippen molar-refractivity contribution < 1.29 is 0 Å². The van der Waals surface area contributed by atoms with E-state index in [0.29, 0.717) is 6.04 Å². The fourth-order valence-corrected chi connectivity index (χ4v) is 2.93. The van der Waals surface area contributed by atoms with Crippen LogP contribution in [0.2, 0.25) is 0 Å². The van der Waals surface area contributed by atoms with Crippen LogP contribution in [0.25, 0.3) is 0 Å². The van der Waals surface area contributed by atoms with Crippen molar-refractivity contribution in [2.24, 2.45) is 5.73 Å².